The summed E-state index contributed by atoms with van der Waals surface area (Å²) in [7, 11) is 3.73. The Morgan fingerprint density at radius 3 is 2.64 bits per heavy atom. The van der Waals surface area contributed by atoms with E-state index in [-0.39, 0.29) is 5.91 Å². The van der Waals surface area contributed by atoms with Gasteiger partial charge >= 0.3 is 0 Å². The molecule has 0 unspecified atom stereocenters. The summed E-state index contributed by atoms with van der Waals surface area (Å²) in [5, 5.41) is 6.00. The maximum absolute atomic E-state index is 11.5. The van der Waals surface area contributed by atoms with Crippen LogP contribution in [0.25, 0.3) is 0 Å². The van der Waals surface area contributed by atoms with Crippen molar-refractivity contribution in [3.8, 4) is 0 Å². The molecule has 2 rings (SSSR count). The first-order chi connectivity index (χ1) is 10.6. The van der Waals surface area contributed by atoms with Crippen LogP contribution in [0.2, 0.25) is 0 Å². The number of amides is 1. The van der Waals surface area contributed by atoms with Gasteiger partial charge in [0, 0.05) is 31.1 Å². The summed E-state index contributed by atoms with van der Waals surface area (Å²) in [5.74, 6) is -0.0502. The Labute approximate surface area is 136 Å². The molecule has 0 spiro atoms. The highest BCUT2D eigenvalue weighted by Crippen LogP contribution is 2.14. The van der Waals surface area contributed by atoms with Gasteiger partial charge in [-0.25, -0.2) is 4.98 Å². The zero-order valence-corrected chi connectivity index (χ0v) is 14.2. The van der Waals surface area contributed by atoms with E-state index in [9.17, 15) is 4.79 Å². The van der Waals surface area contributed by atoms with Crippen molar-refractivity contribution in [1.82, 2.24) is 15.2 Å². The highest BCUT2D eigenvalue weighted by Gasteiger charge is 2.07. The van der Waals surface area contributed by atoms with Crippen LogP contribution in [0.3, 0.4) is 0 Å². The first-order valence-corrected chi connectivity index (χ1v) is 8.43. The third kappa shape index (κ3) is 4.64. The molecule has 5 heteroatoms. The topological polar surface area (TPSA) is 45.2 Å². The molecule has 0 fully saturated rings. The van der Waals surface area contributed by atoms with Gasteiger partial charge < -0.3 is 5.32 Å². The van der Waals surface area contributed by atoms with Crippen molar-refractivity contribution in [3.63, 3.8) is 0 Å². The van der Waals surface area contributed by atoms with Gasteiger partial charge in [0.05, 0.1) is 10.7 Å². The number of carbonyl (C=O) groups excluding carboxylic acids is 1. The molecule has 2 aromatic rings. The van der Waals surface area contributed by atoms with E-state index in [2.05, 4.69) is 34.6 Å². The van der Waals surface area contributed by atoms with E-state index >= 15 is 0 Å². The fourth-order valence-corrected chi connectivity index (χ4v) is 3.19. The summed E-state index contributed by atoms with van der Waals surface area (Å²) >= 11 is 1.75. The molecule has 1 heterocycles. The molecule has 0 aliphatic carbocycles. The zero-order valence-electron chi connectivity index (χ0n) is 13.4. The second kappa shape index (κ2) is 8.06. The number of nitrogens with zero attached hydrogens (tertiary/aromatic N) is 2. The summed E-state index contributed by atoms with van der Waals surface area (Å²) < 4.78 is 0. The second-order valence-corrected chi connectivity index (χ2v) is 6.37. The van der Waals surface area contributed by atoms with E-state index in [1.54, 1.807) is 18.4 Å². The smallest absolute Gasteiger partial charge is 0.251 e. The SMILES string of the molecule is CCCc1nc(CN(C)Cc2ccc(C(=O)NC)cc2)cs1. The Morgan fingerprint density at radius 1 is 1.27 bits per heavy atom. The minimum atomic E-state index is -0.0502. The Morgan fingerprint density at radius 2 is 2.00 bits per heavy atom. The molecular formula is C17H23N3OS. The van der Waals surface area contributed by atoms with Gasteiger partial charge in [-0.3, -0.25) is 9.69 Å². The Kier molecular flexibility index (Phi) is 6.10. The van der Waals surface area contributed by atoms with Crippen LogP contribution in [-0.2, 0) is 19.5 Å². The fraction of sp³-hybridized carbons (Fsp3) is 0.412. The van der Waals surface area contributed by atoms with Gasteiger partial charge in [-0.05, 0) is 37.6 Å². The van der Waals surface area contributed by atoms with Crippen molar-refractivity contribution < 1.29 is 4.79 Å². The van der Waals surface area contributed by atoms with Gasteiger partial charge in [0.1, 0.15) is 0 Å². The Bertz CT molecular complexity index is 607. The van der Waals surface area contributed by atoms with Gasteiger partial charge in [0.25, 0.3) is 5.91 Å². The molecule has 0 saturated carbocycles. The number of rotatable bonds is 7. The van der Waals surface area contributed by atoms with Crippen LogP contribution in [0.4, 0.5) is 0 Å². The summed E-state index contributed by atoms with van der Waals surface area (Å²) in [6.45, 7) is 3.86. The fourth-order valence-electron chi connectivity index (χ4n) is 2.30. The van der Waals surface area contributed by atoms with E-state index in [0.717, 1.165) is 31.6 Å². The van der Waals surface area contributed by atoms with E-state index in [4.69, 9.17) is 0 Å². The minimum Gasteiger partial charge on any atom is -0.355 e. The number of carbonyl (C=O) groups is 1. The molecule has 0 aliphatic rings. The van der Waals surface area contributed by atoms with Crippen molar-refractivity contribution in [2.24, 2.45) is 0 Å². The predicted molar refractivity (Wildman–Crippen MR) is 91.1 cm³/mol. The maximum atomic E-state index is 11.5. The van der Waals surface area contributed by atoms with Gasteiger partial charge in [-0.2, -0.15) is 0 Å². The summed E-state index contributed by atoms with van der Waals surface area (Å²) in [5.41, 5.74) is 3.02. The number of thiazole rings is 1. The quantitative estimate of drug-likeness (QED) is 0.853. The first kappa shape index (κ1) is 16.6. The number of hydrogen-bond donors (Lipinski definition) is 1. The number of aromatic nitrogens is 1. The largest absolute Gasteiger partial charge is 0.355 e. The molecule has 1 N–H and O–H groups in total. The van der Waals surface area contributed by atoms with Crippen LogP contribution in [0.1, 0.15) is 40.0 Å². The molecular weight excluding hydrogens is 294 g/mol. The van der Waals surface area contributed by atoms with Crippen LogP contribution < -0.4 is 5.32 Å². The summed E-state index contributed by atoms with van der Waals surface area (Å²) in [6, 6.07) is 7.74. The van der Waals surface area contributed by atoms with Gasteiger partial charge in [0.2, 0.25) is 0 Å². The number of benzene rings is 1. The van der Waals surface area contributed by atoms with Crippen molar-refractivity contribution >= 4 is 17.2 Å². The van der Waals surface area contributed by atoms with Crippen LogP contribution in [-0.4, -0.2) is 29.9 Å². The van der Waals surface area contributed by atoms with E-state index in [1.165, 1.54) is 10.6 Å². The lowest BCUT2D eigenvalue weighted by Gasteiger charge is -2.15. The van der Waals surface area contributed by atoms with E-state index in [1.807, 2.05) is 24.3 Å². The molecule has 0 radical (unpaired) electrons. The standard InChI is InChI=1S/C17H23N3OS/c1-4-5-16-19-15(12-22-16)11-20(3)10-13-6-8-14(9-7-13)17(21)18-2/h6-9,12H,4-5,10-11H2,1-3H3,(H,18,21). The molecule has 0 bridgehead atoms. The van der Waals surface area contributed by atoms with Crippen LogP contribution in [0, 0.1) is 0 Å². The number of nitrogens with one attached hydrogen (secondary N) is 1. The van der Waals surface area contributed by atoms with Gasteiger partial charge in [-0.15, -0.1) is 11.3 Å². The molecule has 22 heavy (non-hydrogen) atoms. The zero-order chi connectivity index (χ0) is 15.9. The minimum absolute atomic E-state index is 0.0502. The Hall–Kier alpha value is -1.72. The lowest BCUT2D eigenvalue weighted by molar-refractivity contribution is 0.0963. The van der Waals surface area contributed by atoms with Crippen molar-refractivity contribution in [2.75, 3.05) is 14.1 Å². The molecule has 1 aromatic heterocycles. The average molecular weight is 317 g/mol. The van der Waals surface area contributed by atoms with Crippen LogP contribution in [0.5, 0.6) is 0 Å². The van der Waals surface area contributed by atoms with Crippen LogP contribution in [0.15, 0.2) is 29.6 Å². The number of aryl methyl sites for hydroxylation is 1. The van der Waals surface area contributed by atoms with E-state index < -0.39 is 0 Å². The van der Waals surface area contributed by atoms with Gasteiger partial charge in [0.15, 0.2) is 0 Å². The second-order valence-electron chi connectivity index (χ2n) is 5.43. The first-order valence-electron chi connectivity index (χ1n) is 7.55. The molecule has 1 aromatic carbocycles. The monoisotopic (exact) mass is 317 g/mol. The molecule has 118 valence electrons. The lowest BCUT2D eigenvalue weighted by Crippen LogP contribution is -2.19. The predicted octanol–water partition coefficient (Wildman–Crippen LogP) is 3.09. The third-order valence-electron chi connectivity index (χ3n) is 3.39. The molecule has 1 amide bonds. The molecule has 4 nitrogen and oxygen atoms in total. The molecule has 0 aliphatic heterocycles. The van der Waals surface area contributed by atoms with E-state index in [0.29, 0.717) is 5.56 Å². The highest BCUT2D eigenvalue weighted by molar-refractivity contribution is 7.09. The third-order valence-corrected chi connectivity index (χ3v) is 4.35. The van der Waals surface area contributed by atoms with Gasteiger partial charge in [-0.1, -0.05) is 19.1 Å². The molecule has 0 saturated heterocycles. The normalized spacial score (nSPS) is 10.9. The van der Waals surface area contributed by atoms with Crippen LogP contribution >= 0.6 is 11.3 Å². The highest BCUT2D eigenvalue weighted by atomic mass is 32.1. The number of hydrogen-bond acceptors (Lipinski definition) is 4. The van der Waals surface area contributed by atoms with Crippen molar-refractivity contribution in [2.45, 2.75) is 32.9 Å². The van der Waals surface area contributed by atoms with Crippen molar-refractivity contribution in [3.05, 3.63) is 51.5 Å². The Balaban J connectivity index is 1.90. The maximum Gasteiger partial charge on any atom is 0.251 e. The average Bonchev–Trinajstić information content (AvgIpc) is 2.94. The van der Waals surface area contributed by atoms with Crippen molar-refractivity contribution in [1.29, 1.82) is 0 Å². The lowest BCUT2D eigenvalue weighted by atomic mass is 10.1. The molecule has 0 atom stereocenters. The summed E-state index contributed by atoms with van der Waals surface area (Å²) in [4.78, 5) is 18.4. The summed E-state index contributed by atoms with van der Waals surface area (Å²) in [6.07, 6.45) is 2.20.